The van der Waals surface area contributed by atoms with Gasteiger partial charge in [0.25, 0.3) is 0 Å². The van der Waals surface area contributed by atoms with Crippen molar-refractivity contribution in [2.75, 3.05) is 19.4 Å². The molecule has 3 aromatic rings. The molecule has 0 spiro atoms. The summed E-state index contributed by atoms with van der Waals surface area (Å²) in [5, 5.41) is 9.49. The lowest BCUT2D eigenvalue weighted by atomic mass is 10.2. The summed E-state index contributed by atoms with van der Waals surface area (Å²) in [5.41, 5.74) is 2.03. The van der Waals surface area contributed by atoms with Crippen molar-refractivity contribution in [3.63, 3.8) is 0 Å². The average molecular weight is 439 g/mol. The summed E-state index contributed by atoms with van der Waals surface area (Å²) in [6, 6.07) is 11.5. The number of nitrogens with zero attached hydrogens (tertiary/aromatic N) is 4. The molecule has 2 aromatic heterocycles. The standard InChI is InChI=1S/C23H26N4O3S/c1-3-26(18-9-4-5-10-18)21(28)16-31-23-25-24-22(17-8-6-11-19(14-17)29-2)27(23)15-20-12-7-13-30-20/h6-9,11-14H,3-5,10,15-16H2,1-2H3. The van der Waals surface area contributed by atoms with Gasteiger partial charge in [-0.1, -0.05) is 30.0 Å². The maximum Gasteiger partial charge on any atom is 0.237 e. The van der Waals surface area contributed by atoms with E-state index in [1.807, 2.05) is 52.8 Å². The number of hydrogen-bond donors (Lipinski definition) is 0. The van der Waals surface area contributed by atoms with Crippen LogP contribution in [0.3, 0.4) is 0 Å². The highest BCUT2D eigenvalue weighted by Crippen LogP contribution is 2.28. The summed E-state index contributed by atoms with van der Waals surface area (Å²) >= 11 is 1.40. The van der Waals surface area contributed by atoms with Gasteiger partial charge in [0.15, 0.2) is 11.0 Å². The Bertz CT molecular complexity index is 1060. The minimum Gasteiger partial charge on any atom is -0.497 e. The number of ether oxygens (including phenoxy) is 1. The van der Waals surface area contributed by atoms with E-state index in [0.29, 0.717) is 29.8 Å². The van der Waals surface area contributed by atoms with Crippen molar-refractivity contribution in [2.24, 2.45) is 0 Å². The van der Waals surface area contributed by atoms with Gasteiger partial charge >= 0.3 is 0 Å². The van der Waals surface area contributed by atoms with Gasteiger partial charge in [-0.15, -0.1) is 10.2 Å². The van der Waals surface area contributed by atoms with Crippen molar-refractivity contribution < 1.29 is 13.9 Å². The van der Waals surface area contributed by atoms with Crippen LogP contribution in [-0.2, 0) is 11.3 Å². The van der Waals surface area contributed by atoms with Crippen molar-refractivity contribution in [3.05, 3.63) is 60.2 Å². The molecule has 4 rings (SSSR count). The molecule has 0 saturated carbocycles. The molecular formula is C23H26N4O3S. The van der Waals surface area contributed by atoms with Gasteiger partial charge < -0.3 is 14.1 Å². The Labute approximate surface area is 186 Å². The number of amides is 1. The quantitative estimate of drug-likeness (QED) is 0.455. The lowest BCUT2D eigenvalue weighted by molar-refractivity contribution is -0.126. The normalized spacial score (nSPS) is 13.3. The molecule has 0 aliphatic heterocycles. The molecule has 1 aliphatic carbocycles. The number of carbonyl (C=O) groups is 1. The van der Waals surface area contributed by atoms with E-state index in [2.05, 4.69) is 16.3 Å². The molecule has 0 radical (unpaired) electrons. The lowest BCUT2D eigenvalue weighted by Crippen LogP contribution is -2.31. The number of allylic oxidation sites excluding steroid dienone is 2. The van der Waals surface area contributed by atoms with Gasteiger partial charge in [-0.05, 0) is 50.5 Å². The minimum absolute atomic E-state index is 0.0936. The Morgan fingerprint density at radius 1 is 1.29 bits per heavy atom. The van der Waals surface area contributed by atoms with Gasteiger partial charge in [-0.3, -0.25) is 9.36 Å². The van der Waals surface area contributed by atoms with Gasteiger partial charge in [-0.25, -0.2) is 0 Å². The second-order valence-corrected chi connectivity index (χ2v) is 8.16. The molecule has 0 fully saturated rings. The molecular weight excluding hydrogens is 412 g/mol. The van der Waals surface area contributed by atoms with Crippen molar-refractivity contribution in [1.29, 1.82) is 0 Å². The number of hydrogen-bond acceptors (Lipinski definition) is 6. The van der Waals surface area contributed by atoms with Gasteiger partial charge in [0.2, 0.25) is 5.91 Å². The van der Waals surface area contributed by atoms with Crippen LogP contribution >= 0.6 is 11.8 Å². The first kappa shape index (κ1) is 21.2. The first-order valence-corrected chi connectivity index (χ1v) is 11.4. The number of methoxy groups -OCH3 is 1. The van der Waals surface area contributed by atoms with Crippen LogP contribution in [0.4, 0.5) is 0 Å². The molecule has 1 aliphatic rings. The first-order chi connectivity index (χ1) is 15.2. The van der Waals surface area contributed by atoms with Crippen LogP contribution in [0.1, 0.15) is 31.9 Å². The maximum absolute atomic E-state index is 12.9. The van der Waals surface area contributed by atoms with Crippen molar-refractivity contribution in [3.8, 4) is 17.1 Å². The number of benzene rings is 1. The average Bonchev–Trinajstić information content (AvgIpc) is 3.56. The molecule has 162 valence electrons. The van der Waals surface area contributed by atoms with E-state index in [1.165, 1.54) is 11.8 Å². The van der Waals surface area contributed by atoms with E-state index in [1.54, 1.807) is 13.4 Å². The minimum atomic E-state index is 0.0936. The summed E-state index contributed by atoms with van der Waals surface area (Å²) in [4.78, 5) is 14.8. The summed E-state index contributed by atoms with van der Waals surface area (Å²) in [7, 11) is 1.64. The lowest BCUT2D eigenvalue weighted by Gasteiger charge is -2.22. The van der Waals surface area contributed by atoms with E-state index in [4.69, 9.17) is 9.15 Å². The van der Waals surface area contributed by atoms with Crippen molar-refractivity contribution in [2.45, 2.75) is 37.9 Å². The number of aromatic nitrogens is 3. The monoisotopic (exact) mass is 438 g/mol. The van der Waals surface area contributed by atoms with Crippen LogP contribution in [0.2, 0.25) is 0 Å². The Hall–Kier alpha value is -3.00. The van der Waals surface area contributed by atoms with E-state index in [0.717, 1.165) is 42.0 Å². The summed E-state index contributed by atoms with van der Waals surface area (Å²) < 4.78 is 12.9. The third-order valence-corrected chi connectivity index (χ3v) is 6.20. The molecule has 0 N–H and O–H groups in total. The largest absolute Gasteiger partial charge is 0.497 e. The van der Waals surface area contributed by atoms with Crippen LogP contribution in [0.25, 0.3) is 11.4 Å². The fourth-order valence-corrected chi connectivity index (χ4v) is 4.53. The van der Waals surface area contributed by atoms with Crippen LogP contribution in [0.15, 0.2) is 64.0 Å². The molecule has 0 unspecified atom stereocenters. The Morgan fingerprint density at radius 2 is 2.19 bits per heavy atom. The molecule has 0 bridgehead atoms. The number of carbonyl (C=O) groups excluding carboxylic acids is 1. The first-order valence-electron chi connectivity index (χ1n) is 10.4. The van der Waals surface area contributed by atoms with Crippen LogP contribution in [-0.4, -0.2) is 45.0 Å². The van der Waals surface area contributed by atoms with E-state index in [-0.39, 0.29) is 5.91 Å². The van der Waals surface area contributed by atoms with Crippen molar-refractivity contribution >= 4 is 17.7 Å². The third kappa shape index (κ3) is 4.85. The van der Waals surface area contributed by atoms with E-state index < -0.39 is 0 Å². The third-order valence-electron chi connectivity index (χ3n) is 5.24. The molecule has 1 amide bonds. The number of rotatable bonds is 9. The predicted molar refractivity (Wildman–Crippen MR) is 120 cm³/mol. The predicted octanol–water partition coefficient (Wildman–Crippen LogP) is 4.60. The second-order valence-electron chi connectivity index (χ2n) is 7.22. The SMILES string of the molecule is CCN(C(=O)CSc1nnc(-c2cccc(OC)c2)n1Cc1ccco1)C1=CCCC1. The molecule has 31 heavy (non-hydrogen) atoms. The van der Waals surface area contributed by atoms with Crippen molar-refractivity contribution in [1.82, 2.24) is 19.7 Å². The smallest absolute Gasteiger partial charge is 0.237 e. The Kier molecular flexibility index (Phi) is 6.76. The Balaban J connectivity index is 1.58. The second kappa shape index (κ2) is 9.87. The molecule has 7 nitrogen and oxygen atoms in total. The topological polar surface area (TPSA) is 73.4 Å². The van der Waals surface area contributed by atoms with Crippen LogP contribution in [0.5, 0.6) is 5.75 Å². The highest BCUT2D eigenvalue weighted by Gasteiger charge is 2.21. The summed E-state index contributed by atoms with van der Waals surface area (Å²) in [5.74, 6) is 2.65. The summed E-state index contributed by atoms with van der Waals surface area (Å²) in [6.07, 6.45) is 6.96. The highest BCUT2D eigenvalue weighted by atomic mass is 32.2. The number of furan rings is 1. The van der Waals surface area contributed by atoms with Gasteiger partial charge in [-0.2, -0.15) is 0 Å². The molecule has 8 heteroatoms. The molecule has 0 saturated heterocycles. The maximum atomic E-state index is 12.9. The number of thioether (sulfide) groups is 1. The zero-order valence-electron chi connectivity index (χ0n) is 17.8. The fourth-order valence-electron chi connectivity index (χ4n) is 3.71. The van der Waals surface area contributed by atoms with E-state index >= 15 is 0 Å². The summed E-state index contributed by atoms with van der Waals surface area (Å²) in [6.45, 7) is 3.17. The van der Waals surface area contributed by atoms with Gasteiger partial charge in [0.1, 0.15) is 11.5 Å². The van der Waals surface area contributed by atoms with Gasteiger partial charge in [0.05, 0.1) is 25.7 Å². The molecule has 0 atom stereocenters. The fraction of sp³-hybridized carbons (Fsp3) is 0.348. The van der Waals surface area contributed by atoms with Crippen LogP contribution < -0.4 is 4.74 Å². The van der Waals surface area contributed by atoms with E-state index in [9.17, 15) is 4.79 Å². The van der Waals surface area contributed by atoms with Gasteiger partial charge in [0, 0.05) is 17.8 Å². The van der Waals surface area contributed by atoms with Crippen LogP contribution in [0, 0.1) is 0 Å². The molecule has 1 aromatic carbocycles. The Morgan fingerprint density at radius 3 is 2.90 bits per heavy atom. The zero-order chi connectivity index (χ0) is 21.6. The highest BCUT2D eigenvalue weighted by molar-refractivity contribution is 7.99. The molecule has 2 heterocycles. The zero-order valence-corrected chi connectivity index (χ0v) is 18.6.